The van der Waals surface area contributed by atoms with Crippen molar-refractivity contribution in [2.24, 2.45) is 5.92 Å². The molecule has 1 aromatic rings. The van der Waals surface area contributed by atoms with Crippen LogP contribution in [-0.2, 0) is 10.0 Å². The fourth-order valence-electron chi connectivity index (χ4n) is 1.44. The average molecular weight is 261 g/mol. The first-order valence-corrected chi connectivity index (χ1v) is 7.05. The van der Waals surface area contributed by atoms with Gasteiger partial charge in [-0.25, -0.2) is 13.1 Å². The minimum Gasteiger partial charge on any atom is -0.263 e. The second-order valence-electron chi connectivity index (χ2n) is 3.94. The van der Waals surface area contributed by atoms with Gasteiger partial charge in [0.1, 0.15) is 4.90 Å². The van der Waals surface area contributed by atoms with Crippen LogP contribution in [0.25, 0.3) is 0 Å². The molecule has 0 spiro atoms. The van der Waals surface area contributed by atoms with Gasteiger partial charge in [0.2, 0.25) is 10.0 Å². The number of nitrogens with zero attached hydrogens (tertiary/aromatic N) is 1. The van der Waals surface area contributed by atoms with Crippen LogP contribution in [0.4, 0.5) is 0 Å². The summed E-state index contributed by atoms with van der Waals surface area (Å²) in [5.41, 5.74) is 0. The first kappa shape index (κ1) is 11.8. The van der Waals surface area contributed by atoms with E-state index in [4.69, 9.17) is 11.6 Å². The Kier molecular flexibility index (Phi) is 3.47. The van der Waals surface area contributed by atoms with E-state index < -0.39 is 10.0 Å². The fourth-order valence-corrected chi connectivity index (χ4v) is 2.92. The Morgan fingerprint density at radius 1 is 1.50 bits per heavy atom. The van der Waals surface area contributed by atoms with Crippen LogP contribution in [0.3, 0.4) is 0 Å². The molecular weight excluding hydrogens is 248 g/mol. The van der Waals surface area contributed by atoms with Crippen molar-refractivity contribution in [3.8, 4) is 0 Å². The molecular formula is C10H13ClN2O2S. The first-order valence-electron chi connectivity index (χ1n) is 5.19. The second kappa shape index (κ2) is 4.69. The number of hydrogen-bond donors (Lipinski definition) is 1. The van der Waals surface area contributed by atoms with Gasteiger partial charge in [-0.3, -0.25) is 4.98 Å². The molecule has 0 saturated heterocycles. The third-order valence-corrected chi connectivity index (χ3v) is 4.50. The summed E-state index contributed by atoms with van der Waals surface area (Å²) >= 11 is 5.80. The lowest BCUT2D eigenvalue weighted by atomic mass is 10.3. The summed E-state index contributed by atoms with van der Waals surface area (Å²) in [5, 5.41) is 0.203. The number of nitrogens with one attached hydrogen (secondary N) is 1. The van der Waals surface area contributed by atoms with E-state index in [-0.39, 0.29) is 9.92 Å². The average Bonchev–Trinajstić information content (AvgIpc) is 3.02. The highest BCUT2D eigenvalue weighted by Gasteiger charge is 2.23. The summed E-state index contributed by atoms with van der Waals surface area (Å²) in [6.07, 6.45) is 6.06. The van der Waals surface area contributed by atoms with Crippen LogP contribution in [-0.4, -0.2) is 19.9 Å². The predicted molar refractivity (Wildman–Crippen MR) is 61.8 cm³/mol. The lowest BCUT2D eigenvalue weighted by molar-refractivity contribution is 0.575. The molecule has 1 heterocycles. The Morgan fingerprint density at radius 3 is 2.88 bits per heavy atom. The van der Waals surface area contributed by atoms with Crippen molar-refractivity contribution >= 4 is 21.6 Å². The van der Waals surface area contributed by atoms with Crippen LogP contribution in [0.15, 0.2) is 23.4 Å². The van der Waals surface area contributed by atoms with Crippen molar-refractivity contribution in [3.63, 3.8) is 0 Å². The Bertz CT molecular complexity index is 471. The van der Waals surface area contributed by atoms with Crippen LogP contribution in [0.5, 0.6) is 0 Å². The van der Waals surface area contributed by atoms with Crippen LogP contribution >= 0.6 is 11.6 Å². The Hall–Kier alpha value is -0.650. The summed E-state index contributed by atoms with van der Waals surface area (Å²) in [6, 6.07) is 1.47. The normalized spacial score (nSPS) is 16.3. The highest BCUT2D eigenvalue weighted by Crippen LogP contribution is 2.31. The Balaban J connectivity index is 2.03. The van der Waals surface area contributed by atoms with Crippen LogP contribution in [0.1, 0.15) is 19.3 Å². The van der Waals surface area contributed by atoms with Crippen molar-refractivity contribution in [2.75, 3.05) is 6.54 Å². The molecule has 0 amide bonds. The highest BCUT2D eigenvalue weighted by atomic mass is 35.5. The molecule has 1 saturated carbocycles. The molecule has 1 aliphatic carbocycles. The largest absolute Gasteiger partial charge is 0.263 e. The van der Waals surface area contributed by atoms with Gasteiger partial charge in [-0.2, -0.15) is 0 Å². The molecule has 88 valence electrons. The molecule has 1 fully saturated rings. The van der Waals surface area contributed by atoms with Crippen LogP contribution in [0.2, 0.25) is 5.02 Å². The lowest BCUT2D eigenvalue weighted by Gasteiger charge is -2.06. The zero-order chi connectivity index (χ0) is 11.6. The number of rotatable bonds is 5. The molecule has 0 radical (unpaired) electrons. The number of sulfonamides is 1. The molecule has 4 nitrogen and oxygen atoms in total. The van der Waals surface area contributed by atoms with Crippen molar-refractivity contribution in [3.05, 3.63) is 23.5 Å². The summed E-state index contributed by atoms with van der Waals surface area (Å²) < 4.78 is 26.2. The molecule has 0 atom stereocenters. The van der Waals surface area contributed by atoms with Crippen LogP contribution in [0, 0.1) is 5.92 Å². The molecule has 0 bridgehead atoms. The van der Waals surface area contributed by atoms with Gasteiger partial charge in [-0.1, -0.05) is 24.4 Å². The minimum atomic E-state index is -3.50. The maximum Gasteiger partial charge on any atom is 0.243 e. The van der Waals surface area contributed by atoms with E-state index >= 15 is 0 Å². The molecule has 2 rings (SSSR count). The zero-order valence-electron chi connectivity index (χ0n) is 8.69. The minimum absolute atomic E-state index is 0.0486. The summed E-state index contributed by atoms with van der Waals surface area (Å²) in [5.74, 6) is 0.701. The summed E-state index contributed by atoms with van der Waals surface area (Å²) in [7, 11) is -3.50. The van der Waals surface area contributed by atoms with Gasteiger partial charge in [0.15, 0.2) is 0 Å². The summed E-state index contributed by atoms with van der Waals surface area (Å²) in [4.78, 5) is 3.81. The quantitative estimate of drug-likeness (QED) is 0.878. The SMILES string of the molecule is O=S(=O)(NCCC1CC1)c1cnccc1Cl. The Morgan fingerprint density at radius 2 is 2.25 bits per heavy atom. The lowest BCUT2D eigenvalue weighted by Crippen LogP contribution is -2.25. The van der Waals surface area contributed by atoms with E-state index in [1.807, 2.05) is 0 Å². The van der Waals surface area contributed by atoms with Gasteiger partial charge in [0, 0.05) is 18.9 Å². The third-order valence-electron chi connectivity index (χ3n) is 2.57. The monoisotopic (exact) mass is 260 g/mol. The van der Waals surface area contributed by atoms with E-state index in [1.54, 1.807) is 0 Å². The first-order chi connectivity index (χ1) is 7.59. The molecule has 0 aromatic carbocycles. The van der Waals surface area contributed by atoms with Gasteiger partial charge in [0.25, 0.3) is 0 Å². The molecule has 1 aromatic heterocycles. The van der Waals surface area contributed by atoms with E-state index in [0.717, 1.165) is 6.42 Å². The van der Waals surface area contributed by atoms with Crippen molar-refractivity contribution in [1.82, 2.24) is 9.71 Å². The smallest absolute Gasteiger partial charge is 0.243 e. The maximum atomic E-state index is 11.8. The van der Waals surface area contributed by atoms with Gasteiger partial charge in [-0.05, 0) is 18.4 Å². The van der Waals surface area contributed by atoms with Crippen molar-refractivity contribution in [2.45, 2.75) is 24.2 Å². The van der Waals surface area contributed by atoms with Crippen molar-refractivity contribution < 1.29 is 8.42 Å². The third kappa shape index (κ3) is 2.93. The topological polar surface area (TPSA) is 59.1 Å². The van der Waals surface area contributed by atoms with Crippen LogP contribution < -0.4 is 4.72 Å². The van der Waals surface area contributed by atoms with E-state index in [2.05, 4.69) is 9.71 Å². The maximum absolute atomic E-state index is 11.8. The molecule has 0 unspecified atom stereocenters. The standard InChI is InChI=1S/C10H13ClN2O2S/c11-9-4-5-12-7-10(9)16(14,15)13-6-3-8-1-2-8/h4-5,7-8,13H,1-3,6H2. The second-order valence-corrected chi connectivity index (χ2v) is 6.08. The molecule has 0 aliphatic heterocycles. The number of hydrogen-bond acceptors (Lipinski definition) is 3. The molecule has 6 heteroatoms. The van der Waals surface area contributed by atoms with Crippen molar-refractivity contribution in [1.29, 1.82) is 0 Å². The highest BCUT2D eigenvalue weighted by molar-refractivity contribution is 7.89. The van der Waals surface area contributed by atoms with Gasteiger partial charge >= 0.3 is 0 Å². The van der Waals surface area contributed by atoms with E-state index in [0.29, 0.717) is 12.5 Å². The fraction of sp³-hybridized carbons (Fsp3) is 0.500. The van der Waals surface area contributed by atoms with Gasteiger partial charge in [0.05, 0.1) is 5.02 Å². The van der Waals surface area contributed by atoms with Gasteiger partial charge in [-0.15, -0.1) is 0 Å². The number of pyridine rings is 1. The van der Waals surface area contributed by atoms with E-state index in [1.165, 1.54) is 31.3 Å². The number of halogens is 1. The predicted octanol–water partition coefficient (Wildman–Crippen LogP) is 1.81. The Labute approximate surface area is 100 Å². The summed E-state index contributed by atoms with van der Waals surface area (Å²) in [6.45, 7) is 0.470. The number of aromatic nitrogens is 1. The van der Waals surface area contributed by atoms with Gasteiger partial charge < -0.3 is 0 Å². The molecule has 16 heavy (non-hydrogen) atoms. The molecule has 1 aliphatic rings. The molecule has 1 N–H and O–H groups in total. The van der Waals surface area contributed by atoms with E-state index in [9.17, 15) is 8.42 Å². The zero-order valence-corrected chi connectivity index (χ0v) is 10.3.